The second-order valence-corrected chi connectivity index (χ2v) is 8.90. The Morgan fingerprint density at radius 2 is 1.75 bits per heavy atom. The minimum absolute atomic E-state index is 0.297. The van der Waals surface area contributed by atoms with Crippen LogP contribution in [-0.4, -0.2) is 54.1 Å². The van der Waals surface area contributed by atoms with Gasteiger partial charge in [0.1, 0.15) is 23.6 Å². The van der Waals surface area contributed by atoms with Crippen molar-refractivity contribution in [3.63, 3.8) is 0 Å². The van der Waals surface area contributed by atoms with Gasteiger partial charge in [-0.15, -0.1) is 0 Å². The van der Waals surface area contributed by atoms with Gasteiger partial charge in [0.15, 0.2) is 29.6 Å². The van der Waals surface area contributed by atoms with E-state index in [0.29, 0.717) is 18.8 Å². The van der Waals surface area contributed by atoms with Gasteiger partial charge in [0.25, 0.3) is 0 Å². The van der Waals surface area contributed by atoms with Gasteiger partial charge in [-0.2, -0.15) is 0 Å². The number of benzene rings is 1. The lowest BCUT2D eigenvalue weighted by Gasteiger charge is -2.39. The number of aliphatic imine (C=N–C) groups is 1. The molecule has 28 heavy (non-hydrogen) atoms. The fourth-order valence-electron chi connectivity index (χ4n) is 4.69. The Kier molecular flexibility index (Phi) is 3.97. The van der Waals surface area contributed by atoms with Crippen molar-refractivity contribution in [1.82, 2.24) is 0 Å². The lowest BCUT2D eigenvalue weighted by atomic mass is 9.84. The van der Waals surface area contributed by atoms with E-state index >= 15 is 0 Å². The first-order valence-electron chi connectivity index (χ1n) is 9.83. The number of nitrogens with zero attached hydrogens (tertiary/aromatic N) is 1. The molecule has 5 rings (SSSR count). The van der Waals surface area contributed by atoms with E-state index in [2.05, 4.69) is 0 Å². The summed E-state index contributed by atoms with van der Waals surface area (Å²) in [5.74, 6) is -0.709. The van der Waals surface area contributed by atoms with Crippen molar-refractivity contribution >= 4 is 11.4 Å². The molecule has 0 unspecified atom stereocenters. The maximum absolute atomic E-state index is 6.70. The monoisotopic (exact) mass is 389 g/mol. The zero-order valence-corrected chi connectivity index (χ0v) is 16.9. The summed E-state index contributed by atoms with van der Waals surface area (Å²) in [4.78, 5) is 4.77. The minimum Gasteiger partial charge on any atom is -0.479 e. The van der Waals surface area contributed by atoms with Crippen molar-refractivity contribution in [1.29, 1.82) is 0 Å². The molecule has 7 nitrogen and oxygen atoms in total. The van der Waals surface area contributed by atoms with Gasteiger partial charge in [-0.05, 0) is 46.8 Å². The van der Waals surface area contributed by atoms with E-state index in [4.69, 9.17) is 33.4 Å². The van der Waals surface area contributed by atoms with Crippen LogP contribution in [0.25, 0.3) is 0 Å². The first-order valence-corrected chi connectivity index (χ1v) is 9.83. The summed E-state index contributed by atoms with van der Waals surface area (Å²) in [7, 11) is 0. The second kappa shape index (κ2) is 6.00. The zero-order chi connectivity index (χ0) is 19.7. The zero-order valence-electron chi connectivity index (χ0n) is 16.9. The third kappa shape index (κ3) is 2.88. The molecule has 4 heterocycles. The first-order chi connectivity index (χ1) is 13.2. The van der Waals surface area contributed by atoms with Crippen LogP contribution in [0.4, 0.5) is 5.69 Å². The van der Waals surface area contributed by atoms with Crippen LogP contribution in [0.5, 0.6) is 5.75 Å². The van der Waals surface area contributed by atoms with E-state index in [1.807, 2.05) is 58.9 Å². The van der Waals surface area contributed by atoms with Crippen molar-refractivity contribution < 1.29 is 28.4 Å². The van der Waals surface area contributed by atoms with E-state index in [1.54, 1.807) is 0 Å². The average Bonchev–Trinajstić information content (AvgIpc) is 3.15. The maximum atomic E-state index is 6.70. The van der Waals surface area contributed by atoms with Crippen LogP contribution in [0.1, 0.15) is 41.0 Å². The quantitative estimate of drug-likeness (QED) is 0.734. The van der Waals surface area contributed by atoms with Gasteiger partial charge in [0.2, 0.25) is 0 Å². The molecule has 3 fully saturated rings. The van der Waals surface area contributed by atoms with Gasteiger partial charge in [0.05, 0.1) is 6.61 Å². The van der Waals surface area contributed by atoms with Gasteiger partial charge >= 0.3 is 0 Å². The minimum atomic E-state index is -0.826. The predicted octanol–water partition coefficient (Wildman–Crippen LogP) is 3.33. The molecule has 1 aromatic rings. The Hall–Kier alpha value is -1.51. The van der Waals surface area contributed by atoms with Crippen LogP contribution >= 0.6 is 0 Å². The van der Waals surface area contributed by atoms with E-state index in [0.717, 1.165) is 11.4 Å². The number of hydrogen-bond acceptors (Lipinski definition) is 7. The normalized spacial score (nSPS) is 40.5. The number of rotatable bonds is 1. The number of fused-ring (bicyclic) bond motifs is 3. The van der Waals surface area contributed by atoms with Crippen LogP contribution in [0.15, 0.2) is 29.3 Å². The molecule has 3 saturated heterocycles. The molecule has 0 aromatic heterocycles. The SMILES string of the molecule is CC1=Nc2ccccc2O[C@@]2(C1)[C@@H]([C@H]1COC(C)(C)O1)O[C@@H]1OC(C)(C)O[C@@H]12. The number of para-hydroxylation sites is 2. The molecule has 0 radical (unpaired) electrons. The van der Waals surface area contributed by atoms with E-state index in [1.165, 1.54) is 0 Å². The Bertz CT molecular complexity index is 821. The Morgan fingerprint density at radius 3 is 2.50 bits per heavy atom. The van der Waals surface area contributed by atoms with Gasteiger partial charge in [-0.1, -0.05) is 12.1 Å². The third-order valence-corrected chi connectivity index (χ3v) is 5.68. The highest BCUT2D eigenvalue weighted by atomic mass is 16.9. The molecular formula is C21H27NO6. The molecule has 0 bridgehead atoms. The summed E-state index contributed by atoms with van der Waals surface area (Å²) in [5, 5.41) is 0. The standard InChI is InChI=1S/C21H27NO6/c1-12-10-21(26-14-9-7-6-8-13(14)22-12)16(15-11-23-19(2,3)25-15)24-18-17(21)27-20(4,5)28-18/h6-9,15-18H,10-11H2,1-5H3/t15-,16-,17+,18-,21+/m1/s1. The second-order valence-electron chi connectivity index (χ2n) is 8.90. The van der Waals surface area contributed by atoms with Crippen molar-refractivity contribution in [2.75, 3.05) is 6.61 Å². The molecule has 0 saturated carbocycles. The highest BCUT2D eigenvalue weighted by molar-refractivity contribution is 5.87. The largest absolute Gasteiger partial charge is 0.479 e. The van der Waals surface area contributed by atoms with Crippen LogP contribution in [0.3, 0.4) is 0 Å². The van der Waals surface area contributed by atoms with Crippen LogP contribution in [-0.2, 0) is 23.7 Å². The molecule has 0 aliphatic carbocycles. The summed E-state index contributed by atoms with van der Waals surface area (Å²) >= 11 is 0. The maximum Gasteiger partial charge on any atom is 0.191 e. The summed E-state index contributed by atoms with van der Waals surface area (Å²) in [6, 6.07) is 7.78. The van der Waals surface area contributed by atoms with Crippen molar-refractivity contribution in [3.8, 4) is 5.75 Å². The van der Waals surface area contributed by atoms with E-state index < -0.39 is 35.7 Å². The summed E-state index contributed by atoms with van der Waals surface area (Å²) in [5.41, 5.74) is 0.930. The summed E-state index contributed by atoms with van der Waals surface area (Å²) in [6.45, 7) is 10.0. The van der Waals surface area contributed by atoms with Gasteiger partial charge in [0, 0.05) is 12.1 Å². The van der Waals surface area contributed by atoms with E-state index in [-0.39, 0.29) is 6.10 Å². The fraction of sp³-hybridized carbons (Fsp3) is 0.667. The third-order valence-electron chi connectivity index (χ3n) is 5.68. The lowest BCUT2D eigenvalue weighted by Crippen LogP contribution is -2.58. The van der Waals surface area contributed by atoms with Crippen molar-refractivity contribution in [2.45, 2.75) is 82.8 Å². The number of hydrogen-bond donors (Lipinski definition) is 0. The van der Waals surface area contributed by atoms with Gasteiger partial charge < -0.3 is 28.4 Å². The Labute approximate surface area is 164 Å². The van der Waals surface area contributed by atoms with Gasteiger partial charge in [-0.3, -0.25) is 4.99 Å². The van der Waals surface area contributed by atoms with Crippen molar-refractivity contribution in [3.05, 3.63) is 24.3 Å². The molecule has 152 valence electrons. The molecule has 0 N–H and O–H groups in total. The molecule has 4 aliphatic heterocycles. The molecular weight excluding hydrogens is 362 g/mol. The van der Waals surface area contributed by atoms with Crippen LogP contribution in [0, 0.1) is 0 Å². The molecule has 1 spiro atoms. The molecule has 0 amide bonds. The summed E-state index contributed by atoms with van der Waals surface area (Å²) < 4.78 is 37.4. The Morgan fingerprint density at radius 1 is 0.964 bits per heavy atom. The molecule has 1 aromatic carbocycles. The Balaban J connectivity index is 1.59. The topological polar surface area (TPSA) is 67.7 Å². The average molecular weight is 389 g/mol. The fourth-order valence-corrected chi connectivity index (χ4v) is 4.69. The van der Waals surface area contributed by atoms with E-state index in [9.17, 15) is 0 Å². The highest BCUT2D eigenvalue weighted by Crippen LogP contribution is 2.51. The first kappa shape index (κ1) is 18.5. The smallest absolute Gasteiger partial charge is 0.191 e. The molecule has 4 aliphatic rings. The van der Waals surface area contributed by atoms with Crippen molar-refractivity contribution in [2.24, 2.45) is 4.99 Å². The predicted molar refractivity (Wildman–Crippen MR) is 101 cm³/mol. The van der Waals surface area contributed by atoms with Gasteiger partial charge in [-0.25, -0.2) is 0 Å². The molecule has 5 atom stereocenters. The van der Waals surface area contributed by atoms with Crippen LogP contribution in [0.2, 0.25) is 0 Å². The summed E-state index contributed by atoms with van der Waals surface area (Å²) in [6.07, 6.45) is -1.11. The highest BCUT2D eigenvalue weighted by Gasteiger charge is 2.68. The number of ether oxygens (including phenoxy) is 6. The van der Waals surface area contributed by atoms with Crippen LogP contribution < -0.4 is 4.74 Å². The molecule has 7 heteroatoms. The lowest BCUT2D eigenvalue weighted by molar-refractivity contribution is -0.243.